The van der Waals surface area contributed by atoms with Gasteiger partial charge in [0.1, 0.15) is 5.82 Å². The maximum Gasteiger partial charge on any atom is 0.170 e. The van der Waals surface area contributed by atoms with Crippen LogP contribution in [0.25, 0.3) is 11.0 Å². The van der Waals surface area contributed by atoms with Crippen LogP contribution in [0.15, 0.2) is 46.9 Å². The molecule has 2 aromatic carbocycles. The van der Waals surface area contributed by atoms with Gasteiger partial charge >= 0.3 is 0 Å². The van der Waals surface area contributed by atoms with Gasteiger partial charge in [-0.2, -0.15) is 0 Å². The Morgan fingerprint density at radius 2 is 2.05 bits per heavy atom. The maximum absolute atomic E-state index is 12.4. The number of Topliss-reactive ketones (excluding diaryl/α,β-unsaturated/α-hetero) is 1. The molecular weight excluding hydrogens is 352 g/mol. The van der Waals surface area contributed by atoms with E-state index in [4.69, 9.17) is 11.6 Å². The van der Waals surface area contributed by atoms with Gasteiger partial charge in [-0.05, 0) is 46.3 Å². The monoisotopic (exact) mass is 362 g/mol. The van der Waals surface area contributed by atoms with E-state index in [1.54, 1.807) is 18.2 Å². The van der Waals surface area contributed by atoms with Crippen molar-refractivity contribution >= 4 is 44.3 Å². The molecular formula is C16H12BrClN2O. The fourth-order valence-corrected chi connectivity index (χ4v) is 2.77. The molecule has 21 heavy (non-hydrogen) atoms. The zero-order valence-corrected chi connectivity index (χ0v) is 13.6. The zero-order chi connectivity index (χ0) is 15.0. The molecule has 0 aliphatic carbocycles. The van der Waals surface area contributed by atoms with Crippen LogP contribution in [-0.4, -0.2) is 15.3 Å². The van der Waals surface area contributed by atoms with Crippen molar-refractivity contribution in [2.45, 2.75) is 6.42 Å². The molecule has 0 amide bonds. The van der Waals surface area contributed by atoms with Gasteiger partial charge in [0.05, 0.1) is 22.5 Å². The summed E-state index contributed by atoms with van der Waals surface area (Å²) in [6.45, 7) is 0. The summed E-state index contributed by atoms with van der Waals surface area (Å²) in [6, 6.07) is 13.0. The Kier molecular flexibility index (Phi) is 3.83. The summed E-state index contributed by atoms with van der Waals surface area (Å²) in [4.78, 5) is 16.9. The van der Waals surface area contributed by atoms with E-state index >= 15 is 0 Å². The van der Waals surface area contributed by atoms with Gasteiger partial charge in [0.2, 0.25) is 0 Å². The number of halogens is 2. The number of carbonyl (C=O) groups excluding carboxylic acids is 1. The first-order valence-electron chi connectivity index (χ1n) is 6.45. The summed E-state index contributed by atoms with van der Waals surface area (Å²) in [5.74, 6) is 0.776. The van der Waals surface area contributed by atoms with Crippen LogP contribution in [0.3, 0.4) is 0 Å². The van der Waals surface area contributed by atoms with Crippen molar-refractivity contribution in [3.05, 3.63) is 63.3 Å². The summed E-state index contributed by atoms with van der Waals surface area (Å²) < 4.78 is 2.68. The van der Waals surface area contributed by atoms with E-state index in [-0.39, 0.29) is 12.2 Å². The van der Waals surface area contributed by atoms with Crippen LogP contribution in [0.5, 0.6) is 0 Å². The molecule has 106 valence electrons. The lowest BCUT2D eigenvalue weighted by atomic mass is 10.1. The lowest BCUT2D eigenvalue weighted by molar-refractivity contribution is 0.0990. The van der Waals surface area contributed by atoms with E-state index < -0.39 is 0 Å². The van der Waals surface area contributed by atoms with E-state index in [2.05, 4.69) is 20.9 Å². The topological polar surface area (TPSA) is 34.9 Å². The molecule has 0 radical (unpaired) electrons. The van der Waals surface area contributed by atoms with Crippen LogP contribution in [0, 0.1) is 0 Å². The highest BCUT2D eigenvalue weighted by Crippen LogP contribution is 2.24. The maximum atomic E-state index is 12.4. The first-order chi connectivity index (χ1) is 10.1. The Morgan fingerprint density at radius 1 is 1.29 bits per heavy atom. The molecule has 1 heterocycles. The lowest BCUT2D eigenvalue weighted by Gasteiger charge is -2.04. The van der Waals surface area contributed by atoms with Gasteiger partial charge in [-0.25, -0.2) is 4.98 Å². The second-order valence-electron chi connectivity index (χ2n) is 4.80. The second kappa shape index (κ2) is 5.62. The third-order valence-electron chi connectivity index (χ3n) is 3.44. The Morgan fingerprint density at radius 3 is 2.76 bits per heavy atom. The predicted molar refractivity (Wildman–Crippen MR) is 87.9 cm³/mol. The average Bonchev–Trinajstić information content (AvgIpc) is 2.79. The van der Waals surface area contributed by atoms with Crippen molar-refractivity contribution in [3.8, 4) is 0 Å². The van der Waals surface area contributed by atoms with Crippen LogP contribution in [-0.2, 0) is 13.5 Å². The molecule has 0 fully saturated rings. The van der Waals surface area contributed by atoms with Crippen LogP contribution >= 0.6 is 27.5 Å². The van der Waals surface area contributed by atoms with E-state index in [1.807, 2.05) is 35.9 Å². The Labute approximate surface area is 135 Å². The molecule has 0 spiro atoms. The van der Waals surface area contributed by atoms with E-state index in [0.29, 0.717) is 10.6 Å². The highest BCUT2D eigenvalue weighted by Gasteiger charge is 2.14. The van der Waals surface area contributed by atoms with Gasteiger partial charge in [0.15, 0.2) is 5.78 Å². The Bertz CT molecular complexity index is 841. The molecule has 0 unspecified atom stereocenters. The number of imidazole rings is 1. The molecule has 3 rings (SSSR count). The molecule has 0 atom stereocenters. The summed E-state index contributed by atoms with van der Waals surface area (Å²) in [7, 11) is 1.93. The predicted octanol–water partition coefficient (Wildman–Crippen LogP) is 4.41. The lowest BCUT2D eigenvalue weighted by Crippen LogP contribution is -2.08. The molecule has 0 saturated carbocycles. The molecule has 0 bridgehead atoms. The Balaban J connectivity index is 1.92. The van der Waals surface area contributed by atoms with Gasteiger partial charge in [-0.15, -0.1) is 0 Å². The number of hydrogen-bond donors (Lipinski definition) is 0. The van der Waals surface area contributed by atoms with Crippen molar-refractivity contribution < 1.29 is 4.79 Å². The first-order valence-corrected chi connectivity index (χ1v) is 7.62. The number of benzene rings is 2. The number of carbonyl (C=O) groups is 1. The first kappa shape index (κ1) is 14.3. The largest absolute Gasteiger partial charge is 0.331 e. The number of ketones is 1. The summed E-state index contributed by atoms with van der Waals surface area (Å²) in [6.07, 6.45) is 0.263. The summed E-state index contributed by atoms with van der Waals surface area (Å²) in [5, 5.41) is 0.592. The van der Waals surface area contributed by atoms with Crippen molar-refractivity contribution in [2.24, 2.45) is 7.05 Å². The molecule has 5 heteroatoms. The highest BCUT2D eigenvalue weighted by atomic mass is 79.9. The molecule has 0 saturated heterocycles. The minimum atomic E-state index is 0.0192. The number of para-hydroxylation sites is 2. The molecule has 0 N–H and O–H groups in total. The van der Waals surface area contributed by atoms with Gasteiger partial charge in [-0.3, -0.25) is 4.79 Å². The minimum Gasteiger partial charge on any atom is -0.331 e. The molecule has 1 aromatic heterocycles. The fourth-order valence-electron chi connectivity index (χ4n) is 2.27. The van der Waals surface area contributed by atoms with Crippen molar-refractivity contribution in [3.63, 3.8) is 0 Å². The molecule has 3 aromatic rings. The molecule has 3 nitrogen and oxygen atoms in total. The van der Waals surface area contributed by atoms with Crippen molar-refractivity contribution in [1.82, 2.24) is 9.55 Å². The Hall–Kier alpha value is -1.65. The fraction of sp³-hybridized carbons (Fsp3) is 0.125. The second-order valence-corrected chi connectivity index (χ2v) is 6.07. The van der Waals surface area contributed by atoms with E-state index in [9.17, 15) is 4.79 Å². The molecule has 0 aliphatic rings. The van der Waals surface area contributed by atoms with Crippen LogP contribution in [0.2, 0.25) is 5.02 Å². The number of nitrogens with zero attached hydrogens (tertiary/aromatic N) is 2. The van der Waals surface area contributed by atoms with Crippen LogP contribution in [0.4, 0.5) is 0 Å². The quantitative estimate of drug-likeness (QED) is 0.646. The third kappa shape index (κ3) is 2.74. The van der Waals surface area contributed by atoms with E-state index in [0.717, 1.165) is 21.3 Å². The summed E-state index contributed by atoms with van der Waals surface area (Å²) in [5.41, 5.74) is 2.55. The summed E-state index contributed by atoms with van der Waals surface area (Å²) >= 11 is 9.29. The van der Waals surface area contributed by atoms with Crippen molar-refractivity contribution in [2.75, 3.05) is 0 Å². The number of rotatable bonds is 3. The number of hydrogen-bond acceptors (Lipinski definition) is 2. The number of aryl methyl sites for hydroxylation is 1. The molecule has 0 aliphatic heterocycles. The van der Waals surface area contributed by atoms with Gasteiger partial charge in [0, 0.05) is 17.1 Å². The van der Waals surface area contributed by atoms with Gasteiger partial charge in [0.25, 0.3) is 0 Å². The van der Waals surface area contributed by atoms with Crippen LogP contribution < -0.4 is 0 Å². The van der Waals surface area contributed by atoms with Gasteiger partial charge in [-0.1, -0.05) is 23.7 Å². The van der Waals surface area contributed by atoms with Crippen molar-refractivity contribution in [1.29, 1.82) is 0 Å². The average molecular weight is 364 g/mol. The van der Waals surface area contributed by atoms with E-state index in [1.165, 1.54) is 0 Å². The highest BCUT2D eigenvalue weighted by molar-refractivity contribution is 9.10. The van der Waals surface area contributed by atoms with Gasteiger partial charge < -0.3 is 4.57 Å². The minimum absolute atomic E-state index is 0.0192. The SMILES string of the molecule is Cn1c(CC(=O)c2ccc(Cl)c(Br)c2)nc2ccccc21. The third-order valence-corrected chi connectivity index (χ3v) is 4.65. The zero-order valence-electron chi connectivity index (χ0n) is 11.3. The number of fused-ring (bicyclic) bond motifs is 1. The number of aromatic nitrogens is 2. The standard InChI is InChI=1S/C16H12BrClN2O/c1-20-14-5-3-2-4-13(14)19-16(20)9-15(21)10-6-7-12(18)11(17)8-10/h2-8H,9H2,1H3. The normalized spacial score (nSPS) is 11.0. The smallest absolute Gasteiger partial charge is 0.170 e. The van der Waals surface area contributed by atoms with Crippen LogP contribution in [0.1, 0.15) is 16.2 Å².